The standard InChI is InChI=1S/C10H12O5/c1-6(11)15-9-3-2-8-7(10(9)12)4-13-5-14-8/h9H,2-5H2,1H3. The largest absolute Gasteiger partial charge is 0.471 e. The molecule has 15 heavy (non-hydrogen) atoms. The number of ether oxygens (including phenoxy) is 3. The zero-order valence-electron chi connectivity index (χ0n) is 8.45. The van der Waals surface area contributed by atoms with Gasteiger partial charge in [0.2, 0.25) is 5.78 Å². The average Bonchev–Trinajstić information content (AvgIpc) is 2.22. The first kappa shape index (κ1) is 10.2. The second-order valence-corrected chi connectivity index (χ2v) is 3.51. The summed E-state index contributed by atoms with van der Waals surface area (Å²) in [6.07, 6.45) is 0.464. The van der Waals surface area contributed by atoms with Crippen molar-refractivity contribution in [3.63, 3.8) is 0 Å². The van der Waals surface area contributed by atoms with Gasteiger partial charge in [-0.2, -0.15) is 0 Å². The predicted octanol–water partition coefficient (Wildman–Crippen LogP) is 0.539. The Kier molecular flexibility index (Phi) is 2.73. The molecule has 2 aliphatic rings. The molecule has 0 fully saturated rings. The second kappa shape index (κ2) is 4.02. The Bertz CT molecular complexity index is 331. The van der Waals surface area contributed by atoms with Crippen LogP contribution >= 0.6 is 0 Å². The number of carbonyl (C=O) groups is 2. The summed E-state index contributed by atoms with van der Waals surface area (Å²) in [5.41, 5.74) is 0.513. The van der Waals surface area contributed by atoms with Gasteiger partial charge in [0, 0.05) is 13.3 Å². The van der Waals surface area contributed by atoms with Gasteiger partial charge in [-0.15, -0.1) is 0 Å². The Labute approximate surface area is 87.0 Å². The van der Waals surface area contributed by atoms with E-state index in [1.807, 2.05) is 0 Å². The Hall–Kier alpha value is -1.36. The van der Waals surface area contributed by atoms with Crippen LogP contribution in [0.15, 0.2) is 11.3 Å². The van der Waals surface area contributed by atoms with Crippen LogP contribution < -0.4 is 0 Å². The molecule has 82 valence electrons. The third-order valence-electron chi connectivity index (χ3n) is 2.43. The zero-order valence-corrected chi connectivity index (χ0v) is 8.45. The first-order chi connectivity index (χ1) is 7.18. The normalized spacial score (nSPS) is 25.7. The number of hydrogen-bond donors (Lipinski definition) is 0. The van der Waals surface area contributed by atoms with E-state index < -0.39 is 12.1 Å². The molecule has 1 atom stereocenters. The molecule has 0 spiro atoms. The Morgan fingerprint density at radius 3 is 3.07 bits per heavy atom. The van der Waals surface area contributed by atoms with Crippen LogP contribution in [0.25, 0.3) is 0 Å². The maximum atomic E-state index is 11.8. The van der Waals surface area contributed by atoms with Gasteiger partial charge in [-0.1, -0.05) is 0 Å². The van der Waals surface area contributed by atoms with Crippen molar-refractivity contribution in [1.29, 1.82) is 0 Å². The molecule has 0 aromatic heterocycles. The molecule has 5 heteroatoms. The van der Waals surface area contributed by atoms with Crippen LogP contribution in [0, 0.1) is 0 Å². The van der Waals surface area contributed by atoms with E-state index in [1.54, 1.807) is 0 Å². The number of rotatable bonds is 1. The molecule has 1 aliphatic carbocycles. The summed E-state index contributed by atoms with van der Waals surface area (Å²) in [6, 6.07) is 0. The number of carbonyl (C=O) groups excluding carboxylic acids is 2. The van der Waals surface area contributed by atoms with Gasteiger partial charge < -0.3 is 14.2 Å². The lowest BCUT2D eigenvalue weighted by Gasteiger charge is -2.28. The first-order valence-electron chi connectivity index (χ1n) is 4.82. The molecular weight excluding hydrogens is 200 g/mol. The highest BCUT2D eigenvalue weighted by Crippen LogP contribution is 2.27. The van der Waals surface area contributed by atoms with Gasteiger partial charge in [-0.3, -0.25) is 9.59 Å². The number of esters is 1. The highest BCUT2D eigenvalue weighted by atomic mass is 16.7. The summed E-state index contributed by atoms with van der Waals surface area (Å²) in [5.74, 6) is 0.0656. The van der Waals surface area contributed by atoms with E-state index >= 15 is 0 Å². The summed E-state index contributed by atoms with van der Waals surface area (Å²) in [4.78, 5) is 22.6. The lowest BCUT2D eigenvalue weighted by atomic mass is 9.93. The molecule has 1 aliphatic heterocycles. The van der Waals surface area contributed by atoms with Gasteiger partial charge in [-0.25, -0.2) is 0 Å². The molecule has 1 unspecified atom stereocenters. The molecule has 0 bridgehead atoms. The number of ketones is 1. The van der Waals surface area contributed by atoms with Crippen molar-refractivity contribution >= 4 is 11.8 Å². The van der Waals surface area contributed by atoms with Crippen molar-refractivity contribution < 1.29 is 23.8 Å². The molecule has 0 saturated heterocycles. The number of hydrogen-bond acceptors (Lipinski definition) is 5. The molecular formula is C10H12O5. The zero-order chi connectivity index (χ0) is 10.8. The van der Waals surface area contributed by atoms with Crippen LogP contribution in [-0.4, -0.2) is 31.3 Å². The van der Waals surface area contributed by atoms with Gasteiger partial charge >= 0.3 is 5.97 Å². The van der Waals surface area contributed by atoms with Gasteiger partial charge in [0.15, 0.2) is 12.9 Å². The number of Topliss-reactive ketones (excluding diaryl/α,β-unsaturated/α-hetero) is 1. The lowest BCUT2D eigenvalue weighted by molar-refractivity contribution is -0.154. The van der Waals surface area contributed by atoms with Gasteiger partial charge in [0.05, 0.1) is 12.2 Å². The first-order valence-corrected chi connectivity index (χ1v) is 4.82. The SMILES string of the molecule is CC(=O)OC1CCC2=C(COCO2)C1=O. The van der Waals surface area contributed by atoms with Crippen LogP contribution in [0.2, 0.25) is 0 Å². The average molecular weight is 212 g/mol. The highest BCUT2D eigenvalue weighted by Gasteiger charge is 2.34. The fourth-order valence-corrected chi connectivity index (χ4v) is 1.76. The van der Waals surface area contributed by atoms with E-state index in [4.69, 9.17) is 14.2 Å². The van der Waals surface area contributed by atoms with E-state index in [9.17, 15) is 9.59 Å². The van der Waals surface area contributed by atoms with E-state index in [2.05, 4.69) is 0 Å². The Morgan fingerprint density at radius 1 is 1.53 bits per heavy atom. The monoisotopic (exact) mass is 212 g/mol. The van der Waals surface area contributed by atoms with Crippen LogP contribution in [0.3, 0.4) is 0 Å². The van der Waals surface area contributed by atoms with Crippen molar-refractivity contribution in [1.82, 2.24) is 0 Å². The van der Waals surface area contributed by atoms with Gasteiger partial charge in [-0.05, 0) is 6.42 Å². The van der Waals surface area contributed by atoms with E-state index in [0.29, 0.717) is 24.2 Å². The van der Waals surface area contributed by atoms with Crippen LogP contribution in [0.1, 0.15) is 19.8 Å². The smallest absolute Gasteiger partial charge is 0.303 e. The predicted molar refractivity (Wildman–Crippen MR) is 48.7 cm³/mol. The van der Waals surface area contributed by atoms with Gasteiger partial charge in [0.25, 0.3) is 0 Å². The van der Waals surface area contributed by atoms with Crippen molar-refractivity contribution in [3.8, 4) is 0 Å². The molecule has 2 rings (SSSR count). The van der Waals surface area contributed by atoms with E-state index in [-0.39, 0.29) is 19.2 Å². The minimum absolute atomic E-state index is 0.189. The summed E-state index contributed by atoms with van der Waals surface area (Å²) in [5, 5.41) is 0. The van der Waals surface area contributed by atoms with Gasteiger partial charge in [0.1, 0.15) is 5.76 Å². The summed E-state index contributed by atoms with van der Waals surface area (Å²) in [6.45, 7) is 1.75. The summed E-state index contributed by atoms with van der Waals surface area (Å²) < 4.78 is 15.1. The summed E-state index contributed by atoms with van der Waals surface area (Å²) in [7, 11) is 0. The van der Waals surface area contributed by atoms with E-state index in [1.165, 1.54) is 6.92 Å². The maximum absolute atomic E-state index is 11.8. The minimum atomic E-state index is -0.661. The Balaban J connectivity index is 2.14. The lowest BCUT2D eigenvalue weighted by Crippen LogP contribution is -2.35. The number of allylic oxidation sites excluding steroid dienone is 1. The molecule has 0 aromatic carbocycles. The molecule has 0 radical (unpaired) electrons. The second-order valence-electron chi connectivity index (χ2n) is 3.51. The van der Waals surface area contributed by atoms with Crippen LogP contribution in [0.5, 0.6) is 0 Å². The third-order valence-corrected chi connectivity index (χ3v) is 2.43. The van der Waals surface area contributed by atoms with E-state index in [0.717, 1.165) is 0 Å². The molecule has 0 N–H and O–H groups in total. The van der Waals surface area contributed by atoms with Crippen molar-refractivity contribution in [3.05, 3.63) is 11.3 Å². The Morgan fingerprint density at radius 2 is 2.33 bits per heavy atom. The fraction of sp³-hybridized carbons (Fsp3) is 0.600. The molecule has 0 aromatic rings. The molecule has 0 amide bonds. The van der Waals surface area contributed by atoms with Crippen LogP contribution in [0.4, 0.5) is 0 Å². The third kappa shape index (κ3) is 2.02. The topological polar surface area (TPSA) is 61.8 Å². The van der Waals surface area contributed by atoms with Crippen molar-refractivity contribution in [2.45, 2.75) is 25.9 Å². The highest BCUT2D eigenvalue weighted by molar-refractivity contribution is 6.01. The van der Waals surface area contributed by atoms with Crippen molar-refractivity contribution in [2.24, 2.45) is 0 Å². The quantitative estimate of drug-likeness (QED) is 0.593. The molecule has 1 heterocycles. The summed E-state index contributed by atoms with van der Waals surface area (Å²) >= 11 is 0. The fourth-order valence-electron chi connectivity index (χ4n) is 1.76. The van der Waals surface area contributed by atoms with Crippen molar-refractivity contribution in [2.75, 3.05) is 13.4 Å². The molecule has 0 saturated carbocycles. The minimum Gasteiger partial charge on any atom is -0.471 e. The molecule has 5 nitrogen and oxygen atoms in total. The maximum Gasteiger partial charge on any atom is 0.303 e. The van der Waals surface area contributed by atoms with Crippen LogP contribution in [-0.2, 0) is 23.8 Å².